The van der Waals surface area contributed by atoms with Crippen molar-refractivity contribution in [1.29, 1.82) is 0 Å². The van der Waals surface area contributed by atoms with Crippen molar-refractivity contribution in [2.24, 2.45) is 11.8 Å². The van der Waals surface area contributed by atoms with Gasteiger partial charge in [0.2, 0.25) is 0 Å². The van der Waals surface area contributed by atoms with E-state index >= 15 is 0 Å². The highest BCUT2D eigenvalue weighted by atomic mass is 16.7. The van der Waals surface area contributed by atoms with Gasteiger partial charge < -0.3 is 14.2 Å². The summed E-state index contributed by atoms with van der Waals surface area (Å²) in [5, 5.41) is 0. The van der Waals surface area contributed by atoms with Gasteiger partial charge in [0.1, 0.15) is 6.79 Å². The van der Waals surface area contributed by atoms with Crippen LogP contribution in [-0.2, 0) is 14.2 Å². The van der Waals surface area contributed by atoms with E-state index in [9.17, 15) is 0 Å². The number of rotatable bonds is 3. The quantitative estimate of drug-likeness (QED) is 0.624. The molecule has 13 heavy (non-hydrogen) atoms. The first kappa shape index (κ1) is 9.44. The largest absolute Gasteiger partial charge is 0.381 e. The summed E-state index contributed by atoms with van der Waals surface area (Å²) in [5.74, 6) is 1.59. The number of ether oxygens (including phenoxy) is 3. The van der Waals surface area contributed by atoms with Gasteiger partial charge in [-0.1, -0.05) is 0 Å². The predicted molar refractivity (Wildman–Crippen MR) is 48.4 cm³/mol. The highest BCUT2D eigenvalue weighted by molar-refractivity contribution is 4.85. The van der Waals surface area contributed by atoms with Crippen LogP contribution in [0.25, 0.3) is 0 Å². The van der Waals surface area contributed by atoms with Gasteiger partial charge in [-0.2, -0.15) is 0 Å². The lowest BCUT2D eigenvalue weighted by Gasteiger charge is -2.24. The fourth-order valence-corrected chi connectivity index (χ4v) is 2.48. The molecule has 0 bridgehead atoms. The fraction of sp³-hybridized carbons (Fsp3) is 1.00. The Balaban J connectivity index is 1.77. The molecule has 1 saturated heterocycles. The summed E-state index contributed by atoms with van der Waals surface area (Å²) in [5.41, 5.74) is 0. The number of methoxy groups -OCH3 is 1. The van der Waals surface area contributed by atoms with E-state index in [0.717, 1.165) is 31.5 Å². The average Bonchev–Trinajstić information content (AvgIpc) is 2.57. The first-order valence-corrected chi connectivity index (χ1v) is 5.08. The minimum Gasteiger partial charge on any atom is -0.381 e. The van der Waals surface area contributed by atoms with Crippen LogP contribution in [0.5, 0.6) is 0 Å². The fourth-order valence-electron chi connectivity index (χ4n) is 2.48. The van der Waals surface area contributed by atoms with E-state index in [1.54, 1.807) is 7.11 Å². The molecule has 2 aliphatic rings. The third-order valence-electron chi connectivity index (χ3n) is 3.18. The standard InChI is InChI=1S/C10H18O3/c1-11-7-13-10-4-8-2-3-12-6-9(8)5-10/h8-10H,2-7H2,1H3/t8-,9+,10-/m0/s1. The molecule has 0 aromatic heterocycles. The highest BCUT2D eigenvalue weighted by Crippen LogP contribution is 2.38. The summed E-state index contributed by atoms with van der Waals surface area (Å²) in [6, 6.07) is 0. The molecule has 3 nitrogen and oxygen atoms in total. The van der Waals surface area contributed by atoms with Crippen molar-refractivity contribution < 1.29 is 14.2 Å². The minimum absolute atomic E-state index is 0.414. The molecule has 0 aromatic carbocycles. The lowest BCUT2D eigenvalue weighted by atomic mass is 9.92. The second-order valence-electron chi connectivity index (χ2n) is 4.05. The van der Waals surface area contributed by atoms with Gasteiger partial charge in [-0.15, -0.1) is 0 Å². The number of hydrogen-bond acceptors (Lipinski definition) is 3. The smallest absolute Gasteiger partial charge is 0.146 e. The topological polar surface area (TPSA) is 27.7 Å². The van der Waals surface area contributed by atoms with Crippen LogP contribution in [0.4, 0.5) is 0 Å². The normalized spacial score (nSPS) is 39.0. The molecule has 2 rings (SSSR count). The molecule has 0 unspecified atom stereocenters. The van der Waals surface area contributed by atoms with Gasteiger partial charge in [-0.25, -0.2) is 0 Å². The highest BCUT2D eigenvalue weighted by Gasteiger charge is 2.36. The van der Waals surface area contributed by atoms with Crippen LogP contribution in [-0.4, -0.2) is 33.2 Å². The Morgan fingerprint density at radius 1 is 1.31 bits per heavy atom. The summed E-state index contributed by atoms with van der Waals surface area (Å²) in [6.07, 6.45) is 4.00. The molecular weight excluding hydrogens is 168 g/mol. The number of fused-ring (bicyclic) bond motifs is 1. The molecule has 0 aromatic rings. The van der Waals surface area contributed by atoms with Gasteiger partial charge in [0.05, 0.1) is 6.10 Å². The van der Waals surface area contributed by atoms with Crippen molar-refractivity contribution in [3.05, 3.63) is 0 Å². The van der Waals surface area contributed by atoms with E-state index in [4.69, 9.17) is 14.2 Å². The zero-order chi connectivity index (χ0) is 9.10. The van der Waals surface area contributed by atoms with Gasteiger partial charge in [0.25, 0.3) is 0 Å². The van der Waals surface area contributed by atoms with Crippen LogP contribution in [0, 0.1) is 11.8 Å². The first-order valence-electron chi connectivity index (χ1n) is 5.08. The van der Waals surface area contributed by atoms with E-state index in [1.807, 2.05) is 0 Å². The van der Waals surface area contributed by atoms with Gasteiger partial charge in [0.15, 0.2) is 0 Å². The van der Waals surface area contributed by atoms with Crippen LogP contribution in [0.3, 0.4) is 0 Å². The predicted octanol–water partition coefficient (Wildman–Crippen LogP) is 1.42. The zero-order valence-corrected chi connectivity index (χ0v) is 8.20. The molecule has 0 amide bonds. The molecule has 1 aliphatic carbocycles. The van der Waals surface area contributed by atoms with E-state index in [1.165, 1.54) is 12.8 Å². The van der Waals surface area contributed by atoms with Crippen molar-refractivity contribution >= 4 is 0 Å². The Morgan fingerprint density at radius 2 is 2.15 bits per heavy atom. The molecule has 3 atom stereocenters. The third-order valence-corrected chi connectivity index (χ3v) is 3.18. The minimum atomic E-state index is 0.414. The average molecular weight is 186 g/mol. The Kier molecular flexibility index (Phi) is 3.19. The second-order valence-corrected chi connectivity index (χ2v) is 4.05. The SMILES string of the molecule is COCO[C@H]1C[C@@H]2CCOC[C@H]2C1. The van der Waals surface area contributed by atoms with Crippen LogP contribution in [0.15, 0.2) is 0 Å². The summed E-state index contributed by atoms with van der Waals surface area (Å²) < 4.78 is 15.9. The van der Waals surface area contributed by atoms with Crippen LogP contribution < -0.4 is 0 Å². The molecule has 1 heterocycles. The van der Waals surface area contributed by atoms with Crippen LogP contribution >= 0.6 is 0 Å². The van der Waals surface area contributed by atoms with Gasteiger partial charge in [-0.3, -0.25) is 0 Å². The zero-order valence-electron chi connectivity index (χ0n) is 8.20. The maximum atomic E-state index is 5.57. The van der Waals surface area contributed by atoms with Gasteiger partial charge in [0, 0.05) is 20.3 Å². The summed E-state index contributed by atoms with van der Waals surface area (Å²) in [4.78, 5) is 0. The summed E-state index contributed by atoms with van der Waals surface area (Å²) >= 11 is 0. The maximum absolute atomic E-state index is 5.57. The van der Waals surface area contributed by atoms with Gasteiger partial charge >= 0.3 is 0 Å². The molecule has 0 spiro atoms. The lowest BCUT2D eigenvalue weighted by molar-refractivity contribution is -0.0706. The molecule has 76 valence electrons. The Hall–Kier alpha value is -0.120. The van der Waals surface area contributed by atoms with E-state index in [2.05, 4.69) is 0 Å². The molecule has 0 radical (unpaired) electrons. The van der Waals surface area contributed by atoms with Crippen molar-refractivity contribution in [3.8, 4) is 0 Å². The second kappa shape index (κ2) is 4.40. The lowest BCUT2D eigenvalue weighted by Crippen LogP contribution is -2.22. The molecule has 0 N–H and O–H groups in total. The Bertz CT molecular complexity index is 146. The van der Waals surface area contributed by atoms with E-state index < -0.39 is 0 Å². The molecule has 1 saturated carbocycles. The molecule has 1 aliphatic heterocycles. The van der Waals surface area contributed by atoms with Gasteiger partial charge in [-0.05, 0) is 31.1 Å². The van der Waals surface area contributed by atoms with Crippen molar-refractivity contribution in [3.63, 3.8) is 0 Å². The molecule has 3 heteroatoms. The van der Waals surface area contributed by atoms with Crippen molar-refractivity contribution in [1.82, 2.24) is 0 Å². The van der Waals surface area contributed by atoms with Crippen molar-refractivity contribution in [2.45, 2.75) is 25.4 Å². The molecular formula is C10H18O3. The Labute approximate surface area is 79.4 Å². The summed E-state index contributed by atoms with van der Waals surface area (Å²) in [6.45, 7) is 2.32. The third kappa shape index (κ3) is 2.22. The number of hydrogen-bond donors (Lipinski definition) is 0. The Morgan fingerprint density at radius 3 is 2.92 bits per heavy atom. The van der Waals surface area contributed by atoms with E-state index in [0.29, 0.717) is 12.9 Å². The summed E-state index contributed by atoms with van der Waals surface area (Å²) in [7, 11) is 1.67. The maximum Gasteiger partial charge on any atom is 0.146 e. The van der Waals surface area contributed by atoms with Crippen molar-refractivity contribution in [2.75, 3.05) is 27.1 Å². The molecule has 2 fully saturated rings. The van der Waals surface area contributed by atoms with Crippen LogP contribution in [0.1, 0.15) is 19.3 Å². The first-order chi connectivity index (χ1) is 6.40. The monoisotopic (exact) mass is 186 g/mol. The van der Waals surface area contributed by atoms with Crippen LogP contribution in [0.2, 0.25) is 0 Å². The van der Waals surface area contributed by atoms with E-state index in [-0.39, 0.29) is 0 Å².